The highest BCUT2D eigenvalue weighted by Crippen LogP contribution is 2.12. The van der Waals surface area contributed by atoms with Crippen molar-refractivity contribution in [3.8, 4) is 11.7 Å². The fraction of sp³-hybridized carbons (Fsp3) is 0.143. The van der Waals surface area contributed by atoms with Gasteiger partial charge < -0.3 is 4.52 Å². The second-order valence-electron chi connectivity index (χ2n) is 2.37. The maximum Gasteiger partial charge on any atom is 0.295 e. The van der Waals surface area contributed by atoms with E-state index >= 15 is 0 Å². The van der Waals surface area contributed by atoms with Crippen LogP contribution in [0.3, 0.4) is 0 Å². The molecule has 0 aliphatic carbocycles. The Kier molecular flexibility index (Phi) is 2.05. The van der Waals surface area contributed by atoms with E-state index in [0.717, 1.165) is 4.47 Å². The zero-order valence-corrected chi connectivity index (χ0v) is 8.32. The van der Waals surface area contributed by atoms with Crippen molar-refractivity contribution >= 4 is 15.9 Å². The molecule has 0 spiro atoms. The molecule has 13 heavy (non-hydrogen) atoms. The van der Waals surface area contributed by atoms with Crippen LogP contribution in [-0.4, -0.2) is 20.1 Å². The fourth-order valence-electron chi connectivity index (χ4n) is 0.811. The van der Waals surface area contributed by atoms with Crippen molar-refractivity contribution in [2.45, 2.75) is 6.92 Å². The van der Waals surface area contributed by atoms with Crippen LogP contribution in [0.15, 0.2) is 21.4 Å². The van der Waals surface area contributed by atoms with Crippen LogP contribution < -0.4 is 0 Å². The molecule has 0 saturated carbocycles. The van der Waals surface area contributed by atoms with Gasteiger partial charge in [-0.2, -0.15) is 4.98 Å². The summed E-state index contributed by atoms with van der Waals surface area (Å²) in [6.07, 6.45) is 3.25. The van der Waals surface area contributed by atoms with Crippen molar-refractivity contribution in [2.24, 2.45) is 0 Å². The lowest BCUT2D eigenvalue weighted by Crippen LogP contribution is -1.87. The zero-order chi connectivity index (χ0) is 9.26. The van der Waals surface area contributed by atoms with E-state index in [1.54, 1.807) is 19.3 Å². The summed E-state index contributed by atoms with van der Waals surface area (Å²) in [7, 11) is 0. The Labute approximate surface area is 82.3 Å². The normalized spacial score (nSPS) is 10.3. The molecule has 0 fully saturated rings. The smallest absolute Gasteiger partial charge is 0.295 e. The molecule has 0 aliphatic rings. The molecule has 0 aliphatic heterocycles. The van der Waals surface area contributed by atoms with Crippen LogP contribution in [0.5, 0.6) is 0 Å². The van der Waals surface area contributed by atoms with Crippen molar-refractivity contribution in [1.82, 2.24) is 20.1 Å². The highest BCUT2D eigenvalue weighted by molar-refractivity contribution is 9.10. The largest absolute Gasteiger partial charge is 0.330 e. The molecule has 0 radical (unpaired) electrons. The molecule has 2 rings (SSSR count). The van der Waals surface area contributed by atoms with E-state index in [-0.39, 0.29) is 0 Å². The van der Waals surface area contributed by atoms with Gasteiger partial charge in [-0.05, 0) is 22.9 Å². The third-order valence-corrected chi connectivity index (χ3v) is 1.75. The summed E-state index contributed by atoms with van der Waals surface area (Å²) < 4.78 is 5.70. The Morgan fingerprint density at radius 3 is 2.54 bits per heavy atom. The molecule has 0 atom stereocenters. The molecule has 0 bridgehead atoms. The van der Waals surface area contributed by atoms with Gasteiger partial charge in [-0.25, -0.2) is 9.97 Å². The summed E-state index contributed by atoms with van der Waals surface area (Å²) in [4.78, 5) is 12.0. The van der Waals surface area contributed by atoms with E-state index in [1.165, 1.54) is 0 Å². The predicted octanol–water partition coefficient (Wildman–Crippen LogP) is 1.60. The summed E-state index contributed by atoms with van der Waals surface area (Å²) in [6.45, 7) is 1.74. The molecule has 0 N–H and O–H groups in total. The fourth-order valence-corrected chi connectivity index (χ4v) is 1.02. The monoisotopic (exact) mass is 240 g/mol. The van der Waals surface area contributed by atoms with Gasteiger partial charge in [0.2, 0.25) is 5.82 Å². The molecule has 0 aromatic carbocycles. The van der Waals surface area contributed by atoms with Crippen molar-refractivity contribution in [1.29, 1.82) is 0 Å². The molecule has 0 unspecified atom stereocenters. The second-order valence-corrected chi connectivity index (χ2v) is 3.29. The van der Waals surface area contributed by atoms with Gasteiger partial charge in [-0.15, -0.1) is 0 Å². The van der Waals surface area contributed by atoms with Gasteiger partial charge in [0.15, 0.2) is 5.82 Å². The van der Waals surface area contributed by atoms with Crippen LogP contribution in [0.2, 0.25) is 0 Å². The predicted molar refractivity (Wildman–Crippen MR) is 47.8 cm³/mol. The average molecular weight is 241 g/mol. The van der Waals surface area contributed by atoms with E-state index in [9.17, 15) is 0 Å². The third kappa shape index (κ3) is 1.72. The number of nitrogens with zero attached hydrogens (tertiary/aromatic N) is 4. The number of aromatic nitrogens is 4. The molecule has 66 valence electrons. The topological polar surface area (TPSA) is 64.7 Å². The Balaban J connectivity index is 2.41. The molecule has 5 nitrogen and oxygen atoms in total. The number of hydrogen-bond acceptors (Lipinski definition) is 5. The van der Waals surface area contributed by atoms with Crippen LogP contribution in [0, 0.1) is 6.92 Å². The SMILES string of the molecule is Cc1noc(-c2ncc(Br)cn2)n1. The first-order valence-corrected chi connectivity index (χ1v) is 4.33. The molecule has 2 aromatic rings. The molecule has 0 amide bonds. The van der Waals surface area contributed by atoms with Gasteiger partial charge in [0, 0.05) is 12.4 Å². The molecule has 6 heteroatoms. The minimum Gasteiger partial charge on any atom is -0.330 e. The summed E-state index contributed by atoms with van der Waals surface area (Å²) in [5.74, 6) is 1.34. The minimum absolute atomic E-state index is 0.338. The van der Waals surface area contributed by atoms with Crippen molar-refractivity contribution < 1.29 is 4.52 Å². The summed E-state index contributed by atoms with van der Waals surface area (Å²) >= 11 is 3.23. The minimum atomic E-state index is 0.338. The highest BCUT2D eigenvalue weighted by atomic mass is 79.9. The van der Waals surface area contributed by atoms with Crippen molar-refractivity contribution in [2.75, 3.05) is 0 Å². The standard InChI is InChI=1S/C7H5BrN4O/c1-4-11-7(13-12-4)6-9-2-5(8)3-10-6/h2-3H,1H3. The first-order valence-electron chi connectivity index (χ1n) is 3.54. The van der Waals surface area contributed by atoms with Crippen LogP contribution in [0.4, 0.5) is 0 Å². The Morgan fingerprint density at radius 2 is 2.00 bits per heavy atom. The van der Waals surface area contributed by atoms with Crippen LogP contribution >= 0.6 is 15.9 Å². The summed E-state index contributed by atoms with van der Waals surface area (Å²) in [5, 5.41) is 3.64. The van der Waals surface area contributed by atoms with E-state index in [1.807, 2.05) is 0 Å². The summed E-state index contributed by atoms with van der Waals surface area (Å²) in [5.41, 5.74) is 0. The lowest BCUT2D eigenvalue weighted by Gasteiger charge is -1.90. The quantitative estimate of drug-likeness (QED) is 0.758. The lowest BCUT2D eigenvalue weighted by atomic mass is 10.5. The second kappa shape index (κ2) is 3.21. The highest BCUT2D eigenvalue weighted by Gasteiger charge is 2.08. The first-order chi connectivity index (χ1) is 6.25. The van der Waals surface area contributed by atoms with Crippen LogP contribution in [-0.2, 0) is 0 Å². The molecule has 2 heterocycles. The molecular weight excluding hydrogens is 236 g/mol. The Hall–Kier alpha value is -1.30. The van der Waals surface area contributed by atoms with Gasteiger partial charge in [-0.3, -0.25) is 0 Å². The van der Waals surface area contributed by atoms with E-state index < -0.39 is 0 Å². The maximum absolute atomic E-state index is 4.89. The molecule has 0 saturated heterocycles. The van der Waals surface area contributed by atoms with E-state index in [0.29, 0.717) is 17.5 Å². The van der Waals surface area contributed by atoms with E-state index in [2.05, 4.69) is 36.0 Å². The Morgan fingerprint density at radius 1 is 1.31 bits per heavy atom. The van der Waals surface area contributed by atoms with Gasteiger partial charge in [0.05, 0.1) is 4.47 Å². The molecule has 2 aromatic heterocycles. The molecular formula is C7H5BrN4O. The van der Waals surface area contributed by atoms with Gasteiger partial charge in [0.1, 0.15) is 0 Å². The zero-order valence-electron chi connectivity index (χ0n) is 6.73. The number of aryl methyl sites for hydroxylation is 1. The van der Waals surface area contributed by atoms with Gasteiger partial charge in [-0.1, -0.05) is 5.16 Å². The number of rotatable bonds is 1. The third-order valence-electron chi connectivity index (χ3n) is 1.34. The first kappa shape index (κ1) is 8.31. The lowest BCUT2D eigenvalue weighted by molar-refractivity contribution is 0.423. The van der Waals surface area contributed by atoms with E-state index in [4.69, 9.17) is 4.52 Å². The van der Waals surface area contributed by atoms with Crippen molar-refractivity contribution in [3.63, 3.8) is 0 Å². The van der Waals surface area contributed by atoms with Gasteiger partial charge >= 0.3 is 0 Å². The summed E-state index contributed by atoms with van der Waals surface area (Å²) in [6, 6.07) is 0. The van der Waals surface area contributed by atoms with Crippen LogP contribution in [0.25, 0.3) is 11.7 Å². The van der Waals surface area contributed by atoms with Crippen LogP contribution in [0.1, 0.15) is 5.82 Å². The van der Waals surface area contributed by atoms with Crippen molar-refractivity contribution in [3.05, 3.63) is 22.7 Å². The Bertz CT molecular complexity index is 411. The average Bonchev–Trinajstić information content (AvgIpc) is 2.53. The number of hydrogen-bond donors (Lipinski definition) is 0. The van der Waals surface area contributed by atoms with Gasteiger partial charge in [0.25, 0.3) is 5.89 Å². The maximum atomic E-state index is 4.89. The number of halogens is 1.